The third-order valence-electron chi connectivity index (χ3n) is 2.35. The molecule has 1 aromatic carbocycles. The largest absolute Gasteiger partial charge is 0.286 e. The van der Waals surface area contributed by atoms with Gasteiger partial charge in [-0.2, -0.15) is 0 Å². The quantitative estimate of drug-likeness (QED) is 0.558. The molecule has 0 saturated carbocycles. The zero-order valence-corrected chi connectivity index (χ0v) is 12.1. The Hall–Kier alpha value is -0.960. The fourth-order valence-electron chi connectivity index (χ4n) is 1.57. The van der Waals surface area contributed by atoms with Crippen LogP contribution in [0.2, 0.25) is 0 Å². The number of hydrogen-bond acceptors (Lipinski definition) is 4. The van der Waals surface area contributed by atoms with Crippen LogP contribution in [-0.2, 0) is 16.9 Å². The molecule has 17 heavy (non-hydrogen) atoms. The lowest BCUT2D eigenvalue weighted by molar-refractivity contribution is 0.578. The predicted molar refractivity (Wildman–Crippen MR) is 72.8 cm³/mol. The summed E-state index contributed by atoms with van der Waals surface area (Å²) in [6.45, 7) is 0. The summed E-state index contributed by atoms with van der Waals surface area (Å²) < 4.78 is 24.9. The van der Waals surface area contributed by atoms with Gasteiger partial charge in [0.1, 0.15) is 0 Å². The lowest BCUT2D eigenvalue weighted by Crippen LogP contribution is -2.24. The van der Waals surface area contributed by atoms with Gasteiger partial charge in [0.15, 0.2) is 0 Å². The molecule has 0 bridgehead atoms. The average Bonchev–Trinajstić information content (AvgIpc) is 2.22. The number of benzene rings is 1. The van der Waals surface area contributed by atoms with Crippen molar-refractivity contribution in [2.24, 2.45) is 7.05 Å². The van der Waals surface area contributed by atoms with Crippen LogP contribution in [0, 0.1) is 3.57 Å². The molecule has 0 saturated heterocycles. The highest BCUT2D eigenvalue weighted by Gasteiger charge is 2.17. The van der Waals surface area contributed by atoms with Crippen LogP contribution in [0.15, 0.2) is 28.2 Å². The van der Waals surface area contributed by atoms with Crippen molar-refractivity contribution in [1.82, 2.24) is 9.55 Å². The van der Waals surface area contributed by atoms with Gasteiger partial charge in [0.25, 0.3) is 5.56 Å². The van der Waals surface area contributed by atoms with Gasteiger partial charge in [0.2, 0.25) is 15.0 Å². The van der Waals surface area contributed by atoms with Crippen LogP contribution < -0.4 is 5.56 Å². The SMILES string of the molecule is Cn1c(S(C)(=O)=O)nc2c(I)cccc2c1=O. The number of halogens is 1. The summed E-state index contributed by atoms with van der Waals surface area (Å²) in [7, 11) is -2.11. The fourth-order valence-corrected chi connectivity index (χ4v) is 3.03. The van der Waals surface area contributed by atoms with Crippen molar-refractivity contribution in [3.8, 4) is 0 Å². The smallest absolute Gasteiger partial charge is 0.261 e. The Labute approximate surface area is 112 Å². The Balaban J connectivity index is 3.07. The number of sulfone groups is 1. The van der Waals surface area contributed by atoms with Gasteiger partial charge in [0, 0.05) is 16.9 Å². The maximum Gasteiger partial charge on any atom is 0.261 e. The van der Waals surface area contributed by atoms with Crippen LogP contribution in [0.25, 0.3) is 10.9 Å². The number of hydrogen-bond donors (Lipinski definition) is 0. The van der Waals surface area contributed by atoms with E-state index in [1.54, 1.807) is 18.2 Å². The Kier molecular flexibility index (Phi) is 2.98. The summed E-state index contributed by atoms with van der Waals surface area (Å²) in [5.74, 6) is 0. The zero-order chi connectivity index (χ0) is 12.8. The molecule has 2 aromatic rings. The van der Waals surface area contributed by atoms with Gasteiger partial charge in [-0.15, -0.1) is 0 Å². The molecule has 0 aliphatic heterocycles. The molecule has 0 amide bonds. The Bertz CT molecular complexity index is 765. The number of fused-ring (bicyclic) bond motifs is 1. The third kappa shape index (κ3) is 2.08. The molecule has 0 unspecified atom stereocenters. The summed E-state index contributed by atoms with van der Waals surface area (Å²) in [5.41, 5.74) is 0.0746. The van der Waals surface area contributed by atoms with E-state index in [0.29, 0.717) is 10.9 Å². The van der Waals surface area contributed by atoms with Gasteiger partial charge in [-0.25, -0.2) is 13.4 Å². The second kappa shape index (κ2) is 4.05. The third-order valence-corrected chi connectivity index (χ3v) is 4.25. The second-order valence-corrected chi connectivity index (χ2v) is 6.74. The van der Waals surface area contributed by atoms with Crippen molar-refractivity contribution in [3.05, 3.63) is 32.1 Å². The van der Waals surface area contributed by atoms with Crippen LogP contribution in [0.5, 0.6) is 0 Å². The lowest BCUT2D eigenvalue weighted by atomic mass is 10.2. The summed E-state index contributed by atoms with van der Waals surface area (Å²) in [6.07, 6.45) is 1.04. The maximum atomic E-state index is 12.0. The highest BCUT2D eigenvalue weighted by Crippen LogP contribution is 2.17. The van der Waals surface area contributed by atoms with E-state index < -0.39 is 9.84 Å². The highest BCUT2D eigenvalue weighted by molar-refractivity contribution is 14.1. The van der Waals surface area contributed by atoms with Crippen LogP contribution in [0.4, 0.5) is 0 Å². The van der Waals surface area contributed by atoms with Crippen molar-refractivity contribution in [2.45, 2.75) is 5.16 Å². The topological polar surface area (TPSA) is 69.0 Å². The van der Waals surface area contributed by atoms with E-state index in [1.165, 1.54) is 7.05 Å². The summed E-state index contributed by atoms with van der Waals surface area (Å²) >= 11 is 2.03. The molecule has 0 atom stereocenters. The molecule has 90 valence electrons. The molecule has 0 aliphatic carbocycles. The first-order chi connectivity index (χ1) is 7.82. The van der Waals surface area contributed by atoms with Gasteiger partial charge < -0.3 is 0 Å². The first-order valence-electron chi connectivity index (χ1n) is 4.67. The number of rotatable bonds is 1. The number of aromatic nitrogens is 2. The molecule has 0 radical (unpaired) electrons. The number of nitrogens with zero attached hydrogens (tertiary/aromatic N) is 2. The van der Waals surface area contributed by atoms with Crippen molar-refractivity contribution < 1.29 is 8.42 Å². The molecule has 7 heteroatoms. The van der Waals surface area contributed by atoms with E-state index in [2.05, 4.69) is 4.98 Å². The van der Waals surface area contributed by atoms with Crippen molar-refractivity contribution in [2.75, 3.05) is 6.26 Å². The van der Waals surface area contributed by atoms with Crippen molar-refractivity contribution in [3.63, 3.8) is 0 Å². The van der Waals surface area contributed by atoms with Crippen molar-refractivity contribution >= 4 is 43.3 Å². The molecule has 1 aromatic heterocycles. The van der Waals surface area contributed by atoms with Gasteiger partial charge in [0.05, 0.1) is 10.9 Å². The lowest BCUT2D eigenvalue weighted by Gasteiger charge is -2.07. The summed E-state index contributed by atoms with van der Waals surface area (Å²) in [4.78, 5) is 16.1. The van der Waals surface area contributed by atoms with Gasteiger partial charge in [-0.05, 0) is 34.7 Å². The first kappa shape index (κ1) is 12.5. The van der Waals surface area contributed by atoms with E-state index in [4.69, 9.17) is 0 Å². The Morgan fingerprint density at radius 2 is 2.00 bits per heavy atom. The van der Waals surface area contributed by atoms with E-state index >= 15 is 0 Å². The minimum atomic E-state index is -3.52. The zero-order valence-electron chi connectivity index (χ0n) is 9.14. The van der Waals surface area contributed by atoms with Gasteiger partial charge >= 0.3 is 0 Å². The molecule has 2 rings (SSSR count). The summed E-state index contributed by atoms with van der Waals surface area (Å²) in [6, 6.07) is 5.16. The molecule has 1 heterocycles. The second-order valence-electron chi connectivity index (χ2n) is 3.67. The van der Waals surface area contributed by atoms with Crippen LogP contribution in [0.3, 0.4) is 0 Å². The Morgan fingerprint density at radius 1 is 1.35 bits per heavy atom. The normalized spacial score (nSPS) is 11.9. The molecular weight excluding hydrogens is 355 g/mol. The molecular formula is C10H9IN2O3S. The molecule has 0 fully saturated rings. The standard InChI is InChI=1S/C10H9IN2O3S/c1-13-9(14)6-4-3-5-7(11)8(6)12-10(13)17(2,15)16/h3-5H,1-2H3. The minimum absolute atomic E-state index is 0.209. The Morgan fingerprint density at radius 3 is 2.59 bits per heavy atom. The highest BCUT2D eigenvalue weighted by atomic mass is 127. The van der Waals surface area contributed by atoms with Crippen molar-refractivity contribution in [1.29, 1.82) is 0 Å². The number of para-hydroxylation sites is 1. The fraction of sp³-hybridized carbons (Fsp3) is 0.200. The summed E-state index contributed by atoms with van der Waals surface area (Å²) in [5, 5.41) is 0.214. The molecule has 5 nitrogen and oxygen atoms in total. The van der Waals surface area contributed by atoms with Crippen LogP contribution in [0.1, 0.15) is 0 Å². The van der Waals surface area contributed by atoms with Crippen LogP contribution in [-0.4, -0.2) is 24.2 Å². The monoisotopic (exact) mass is 364 g/mol. The van der Waals surface area contributed by atoms with E-state index in [-0.39, 0.29) is 10.7 Å². The molecule has 0 N–H and O–H groups in total. The average molecular weight is 364 g/mol. The maximum absolute atomic E-state index is 12.0. The van der Waals surface area contributed by atoms with Crippen LogP contribution >= 0.6 is 22.6 Å². The molecule has 0 spiro atoms. The van der Waals surface area contributed by atoms with Gasteiger partial charge in [-0.3, -0.25) is 9.36 Å². The van der Waals surface area contributed by atoms with Gasteiger partial charge in [-0.1, -0.05) is 6.07 Å². The predicted octanol–water partition coefficient (Wildman–Crippen LogP) is 0.942. The van der Waals surface area contributed by atoms with E-state index in [0.717, 1.165) is 14.4 Å². The minimum Gasteiger partial charge on any atom is -0.286 e. The first-order valence-corrected chi connectivity index (χ1v) is 7.64. The van der Waals surface area contributed by atoms with E-state index in [9.17, 15) is 13.2 Å². The van der Waals surface area contributed by atoms with E-state index in [1.807, 2.05) is 22.6 Å². The molecule has 0 aliphatic rings.